The summed E-state index contributed by atoms with van der Waals surface area (Å²) in [6.07, 6.45) is 2.04. The molecule has 0 radical (unpaired) electrons. The average Bonchev–Trinajstić information content (AvgIpc) is 3.16. The van der Waals surface area contributed by atoms with E-state index in [2.05, 4.69) is 10.2 Å². The summed E-state index contributed by atoms with van der Waals surface area (Å²) >= 11 is 1.13. The van der Waals surface area contributed by atoms with Crippen LogP contribution < -0.4 is 5.32 Å². The van der Waals surface area contributed by atoms with Crippen LogP contribution in [0.4, 0.5) is 5.69 Å². The van der Waals surface area contributed by atoms with Crippen molar-refractivity contribution < 1.29 is 19.4 Å². The first-order valence-electron chi connectivity index (χ1n) is 9.17. The van der Waals surface area contributed by atoms with Crippen LogP contribution in [0.2, 0.25) is 0 Å². The maximum Gasteiger partial charge on any atom is 0.348 e. The Morgan fingerprint density at radius 3 is 2.56 bits per heavy atom. The van der Waals surface area contributed by atoms with E-state index in [1.807, 2.05) is 30.3 Å². The van der Waals surface area contributed by atoms with E-state index < -0.39 is 12.0 Å². The number of ether oxygens (including phenoxy) is 1. The fourth-order valence-corrected chi connectivity index (χ4v) is 4.62. The molecule has 3 aliphatic rings. The average molecular weight is 386 g/mol. The lowest BCUT2D eigenvalue weighted by Crippen LogP contribution is -2.52. The molecule has 1 aromatic carbocycles. The Kier molecular flexibility index (Phi) is 5.13. The number of nitrogens with one attached hydrogen (secondary N) is 1. The lowest BCUT2D eigenvalue weighted by atomic mass is 9.86. The van der Waals surface area contributed by atoms with Crippen molar-refractivity contribution in [1.29, 1.82) is 0 Å². The summed E-state index contributed by atoms with van der Waals surface area (Å²) in [4.78, 5) is 27.0. The normalized spacial score (nSPS) is 25.0. The number of piperidine rings is 3. The summed E-state index contributed by atoms with van der Waals surface area (Å²) in [5.41, 5.74) is 1.19. The highest BCUT2D eigenvalue weighted by atomic mass is 32.1. The van der Waals surface area contributed by atoms with Gasteiger partial charge in [-0.25, -0.2) is 9.59 Å². The highest BCUT2D eigenvalue weighted by Gasteiger charge is 2.38. The molecule has 7 heteroatoms. The highest BCUT2D eigenvalue weighted by Crippen LogP contribution is 2.32. The molecule has 3 fully saturated rings. The monoisotopic (exact) mass is 386 g/mol. The molecule has 2 aromatic rings. The van der Waals surface area contributed by atoms with Crippen molar-refractivity contribution in [3.63, 3.8) is 0 Å². The molecule has 3 saturated heterocycles. The quantitative estimate of drug-likeness (QED) is 0.742. The van der Waals surface area contributed by atoms with Gasteiger partial charge in [-0.05, 0) is 48.9 Å². The van der Waals surface area contributed by atoms with E-state index in [1.54, 1.807) is 11.4 Å². The minimum Gasteiger partial charge on any atom is -0.477 e. The number of thiophene rings is 1. The molecule has 2 bridgehead atoms. The van der Waals surface area contributed by atoms with Crippen molar-refractivity contribution in [3.05, 3.63) is 52.2 Å². The van der Waals surface area contributed by atoms with E-state index >= 15 is 0 Å². The van der Waals surface area contributed by atoms with Gasteiger partial charge in [-0.1, -0.05) is 30.3 Å². The van der Waals surface area contributed by atoms with Crippen LogP contribution in [0.15, 0.2) is 41.8 Å². The molecule has 2 N–H and O–H groups in total. The molecule has 0 aliphatic carbocycles. The molecule has 4 heterocycles. The van der Waals surface area contributed by atoms with E-state index in [-0.39, 0.29) is 17.0 Å². The van der Waals surface area contributed by atoms with E-state index in [0.29, 0.717) is 11.6 Å². The first-order chi connectivity index (χ1) is 13.1. The van der Waals surface area contributed by atoms with Crippen molar-refractivity contribution in [2.45, 2.75) is 25.0 Å². The van der Waals surface area contributed by atoms with Crippen molar-refractivity contribution in [1.82, 2.24) is 4.90 Å². The lowest BCUT2D eigenvalue weighted by molar-refractivity contribution is -0.159. The van der Waals surface area contributed by atoms with Crippen LogP contribution in [0.3, 0.4) is 0 Å². The number of aromatic carboxylic acids is 1. The number of carboxylic acid groups (broad SMARTS) is 1. The van der Waals surface area contributed by atoms with E-state index in [4.69, 9.17) is 4.74 Å². The van der Waals surface area contributed by atoms with E-state index in [0.717, 1.165) is 49.4 Å². The second-order valence-electron chi connectivity index (χ2n) is 7.07. The summed E-state index contributed by atoms with van der Waals surface area (Å²) in [6.45, 7) is 2.95. The smallest absolute Gasteiger partial charge is 0.348 e. The zero-order valence-electron chi connectivity index (χ0n) is 14.8. The predicted octanol–water partition coefficient (Wildman–Crippen LogP) is 3.24. The Bertz CT molecular complexity index is 814. The minimum atomic E-state index is -1.01. The molecule has 2 unspecified atom stereocenters. The largest absolute Gasteiger partial charge is 0.477 e. The van der Waals surface area contributed by atoms with Gasteiger partial charge in [0.15, 0.2) is 6.04 Å². The number of benzene rings is 1. The zero-order chi connectivity index (χ0) is 18.8. The van der Waals surface area contributed by atoms with Gasteiger partial charge in [0.25, 0.3) is 0 Å². The van der Waals surface area contributed by atoms with Crippen molar-refractivity contribution in [2.24, 2.45) is 5.92 Å². The van der Waals surface area contributed by atoms with Gasteiger partial charge in [-0.2, -0.15) is 0 Å². The Hall–Kier alpha value is -2.38. The van der Waals surface area contributed by atoms with E-state index in [1.165, 1.54) is 0 Å². The second-order valence-corrected chi connectivity index (χ2v) is 7.99. The zero-order valence-corrected chi connectivity index (χ0v) is 15.7. The summed E-state index contributed by atoms with van der Waals surface area (Å²) in [6, 6.07) is 10.2. The van der Waals surface area contributed by atoms with Gasteiger partial charge in [-0.3, -0.25) is 4.90 Å². The number of carbonyl (C=O) groups is 2. The minimum absolute atomic E-state index is 0.0885. The number of esters is 1. The highest BCUT2D eigenvalue weighted by molar-refractivity contribution is 7.12. The number of carboxylic acids is 1. The third-order valence-electron chi connectivity index (χ3n) is 5.39. The number of hydrogen-bond acceptors (Lipinski definition) is 6. The molecular formula is C20H22N2O4S. The standard InChI is InChI=1S/C20H22N2O4S/c23-19(24)18-15(8-11-27-18)21-17(14-4-2-1-3-5-14)20(25)26-16-12-22-9-6-13(16)7-10-22/h1-5,8,11,13,16-17,21H,6-7,9-10,12H2,(H,23,24). The summed E-state index contributed by atoms with van der Waals surface area (Å²) < 4.78 is 5.90. The Balaban J connectivity index is 1.55. The van der Waals surface area contributed by atoms with Crippen LogP contribution in [0.5, 0.6) is 0 Å². The first kappa shape index (κ1) is 18.0. The molecule has 6 nitrogen and oxygen atoms in total. The maximum atomic E-state index is 13.0. The molecular weight excluding hydrogens is 364 g/mol. The van der Waals surface area contributed by atoms with Crippen LogP contribution in [0, 0.1) is 5.92 Å². The Morgan fingerprint density at radius 2 is 1.93 bits per heavy atom. The molecule has 1 aromatic heterocycles. The van der Waals surface area contributed by atoms with Gasteiger partial charge < -0.3 is 15.2 Å². The van der Waals surface area contributed by atoms with Gasteiger partial charge >= 0.3 is 11.9 Å². The molecule has 5 rings (SSSR count). The molecule has 3 aliphatic heterocycles. The summed E-state index contributed by atoms with van der Waals surface area (Å²) in [5.74, 6) is -0.946. The number of nitrogens with zero attached hydrogens (tertiary/aromatic N) is 1. The van der Waals surface area contributed by atoms with Crippen molar-refractivity contribution in [2.75, 3.05) is 25.0 Å². The van der Waals surface area contributed by atoms with Gasteiger partial charge in [0, 0.05) is 6.54 Å². The summed E-state index contributed by atoms with van der Waals surface area (Å²) in [7, 11) is 0. The summed E-state index contributed by atoms with van der Waals surface area (Å²) in [5, 5.41) is 14.2. The first-order valence-corrected chi connectivity index (χ1v) is 10.0. The number of rotatable bonds is 6. The van der Waals surface area contributed by atoms with Gasteiger partial charge in [0.1, 0.15) is 11.0 Å². The molecule has 0 amide bonds. The fraction of sp³-hybridized carbons (Fsp3) is 0.400. The number of hydrogen-bond donors (Lipinski definition) is 2. The predicted molar refractivity (Wildman–Crippen MR) is 103 cm³/mol. The van der Waals surface area contributed by atoms with Crippen LogP contribution in [-0.4, -0.2) is 47.7 Å². The molecule has 0 spiro atoms. The van der Waals surface area contributed by atoms with Gasteiger partial charge in [0.2, 0.25) is 0 Å². The molecule has 142 valence electrons. The van der Waals surface area contributed by atoms with Crippen LogP contribution >= 0.6 is 11.3 Å². The fourth-order valence-electron chi connectivity index (χ4n) is 3.93. The van der Waals surface area contributed by atoms with Crippen molar-refractivity contribution in [3.8, 4) is 0 Å². The van der Waals surface area contributed by atoms with Crippen LogP contribution in [-0.2, 0) is 9.53 Å². The van der Waals surface area contributed by atoms with Crippen LogP contribution in [0.1, 0.15) is 34.1 Å². The van der Waals surface area contributed by atoms with E-state index in [9.17, 15) is 14.7 Å². The van der Waals surface area contributed by atoms with Gasteiger partial charge in [-0.15, -0.1) is 11.3 Å². The topological polar surface area (TPSA) is 78.9 Å². The second kappa shape index (κ2) is 7.70. The number of anilines is 1. The molecule has 0 saturated carbocycles. The molecule has 27 heavy (non-hydrogen) atoms. The van der Waals surface area contributed by atoms with Crippen molar-refractivity contribution >= 4 is 29.0 Å². The number of carbonyl (C=O) groups excluding carboxylic acids is 1. The Labute approximate surface area is 161 Å². The third kappa shape index (κ3) is 3.84. The number of fused-ring (bicyclic) bond motifs is 3. The van der Waals surface area contributed by atoms with Gasteiger partial charge in [0.05, 0.1) is 5.69 Å². The lowest BCUT2D eigenvalue weighted by Gasteiger charge is -2.44. The SMILES string of the molecule is O=C(O)c1sccc1NC(C(=O)OC1CN2CCC1CC2)c1ccccc1. The molecule has 2 atom stereocenters. The Morgan fingerprint density at radius 1 is 1.19 bits per heavy atom. The maximum absolute atomic E-state index is 13.0. The van der Waals surface area contributed by atoms with Crippen LogP contribution in [0.25, 0.3) is 0 Å². The third-order valence-corrected chi connectivity index (χ3v) is 6.29.